The molecule has 0 aliphatic carbocycles. The number of likely N-dealkylation sites (tertiary alicyclic amines) is 1. The summed E-state index contributed by atoms with van der Waals surface area (Å²) in [6.07, 6.45) is 1.42. The van der Waals surface area contributed by atoms with Gasteiger partial charge in [-0.3, -0.25) is 4.79 Å². The fourth-order valence-corrected chi connectivity index (χ4v) is 1.95. The predicted molar refractivity (Wildman–Crippen MR) is 60.2 cm³/mol. The van der Waals surface area contributed by atoms with Gasteiger partial charge in [-0.1, -0.05) is 6.92 Å². The standard InChI is InChI=1S/C11H20N2O3/c1-4-7(2)12-11(16)13-6-5-9(8(13)3)10(14)15/h7-9H,4-6H2,1-3H3,(H,12,16)(H,14,15). The topological polar surface area (TPSA) is 69.6 Å². The van der Waals surface area contributed by atoms with Gasteiger partial charge < -0.3 is 15.3 Å². The zero-order valence-corrected chi connectivity index (χ0v) is 10.1. The van der Waals surface area contributed by atoms with Crippen LogP contribution in [0.2, 0.25) is 0 Å². The molecule has 1 rings (SSSR count). The van der Waals surface area contributed by atoms with Crippen molar-refractivity contribution >= 4 is 12.0 Å². The highest BCUT2D eigenvalue weighted by Crippen LogP contribution is 2.24. The third kappa shape index (κ3) is 2.65. The number of carbonyl (C=O) groups excluding carboxylic acids is 1. The Morgan fingerprint density at radius 2 is 2.19 bits per heavy atom. The Balaban J connectivity index is 2.56. The second-order valence-electron chi connectivity index (χ2n) is 4.43. The van der Waals surface area contributed by atoms with Crippen molar-refractivity contribution in [3.05, 3.63) is 0 Å². The highest BCUT2D eigenvalue weighted by Gasteiger charge is 2.38. The average molecular weight is 228 g/mol. The summed E-state index contributed by atoms with van der Waals surface area (Å²) >= 11 is 0. The van der Waals surface area contributed by atoms with Crippen LogP contribution in [0.15, 0.2) is 0 Å². The molecule has 3 atom stereocenters. The number of nitrogens with zero attached hydrogens (tertiary/aromatic N) is 1. The van der Waals surface area contributed by atoms with Crippen molar-refractivity contribution in [1.82, 2.24) is 10.2 Å². The van der Waals surface area contributed by atoms with Crippen LogP contribution in [0, 0.1) is 5.92 Å². The van der Waals surface area contributed by atoms with Gasteiger partial charge in [-0.2, -0.15) is 0 Å². The van der Waals surface area contributed by atoms with E-state index in [2.05, 4.69) is 5.32 Å². The van der Waals surface area contributed by atoms with Crippen molar-refractivity contribution in [2.24, 2.45) is 5.92 Å². The first-order valence-corrected chi connectivity index (χ1v) is 5.77. The number of rotatable bonds is 3. The van der Waals surface area contributed by atoms with E-state index in [-0.39, 0.29) is 18.1 Å². The van der Waals surface area contributed by atoms with E-state index in [1.54, 1.807) is 11.8 Å². The Labute approximate surface area is 95.8 Å². The van der Waals surface area contributed by atoms with Gasteiger partial charge in [0.25, 0.3) is 0 Å². The van der Waals surface area contributed by atoms with Crippen LogP contribution in [0.25, 0.3) is 0 Å². The van der Waals surface area contributed by atoms with E-state index in [1.807, 2.05) is 13.8 Å². The van der Waals surface area contributed by atoms with Crippen LogP contribution in [0.3, 0.4) is 0 Å². The zero-order chi connectivity index (χ0) is 12.3. The molecule has 0 aromatic carbocycles. The summed E-state index contributed by atoms with van der Waals surface area (Å²) in [5.41, 5.74) is 0. The van der Waals surface area contributed by atoms with Crippen LogP contribution < -0.4 is 5.32 Å². The van der Waals surface area contributed by atoms with E-state index >= 15 is 0 Å². The quantitative estimate of drug-likeness (QED) is 0.764. The molecule has 2 amide bonds. The maximum Gasteiger partial charge on any atom is 0.317 e. The lowest BCUT2D eigenvalue weighted by molar-refractivity contribution is -0.142. The normalized spacial score (nSPS) is 26.6. The van der Waals surface area contributed by atoms with E-state index in [0.717, 1.165) is 6.42 Å². The molecule has 92 valence electrons. The number of carbonyl (C=O) groups is 2. The third-order valence-corrected chi connectivity index (χ3v) is 3.32. The first-order valence-electron chi connectivity index (χ1n) is 5.77. The molecule has 0 aromatic rings. The molecular weight excluding hydrogens is 208 g/mol. The molecule has 1 saturated heterocycles. The first-order chi connectivity index (χ1) is 7.47. The monoisotopic (exact) mass is 228 g/mol. The van der Waals surface area contributed by atoms with Gasteiger partial charge in [0.15, 0.2) is 0 Å². The Kier molecular flexibility index (Phi) is 4.15. The van der Waals surface area contributed by atoms with Crippen molar-refractivity contribution in [3.63, 3.8) is 0 Å². The molecule has 0 aromatic heterocycles. The second kappa shape index (κ2) is 5.18. The summed E-state index contributed by atoms with van der Waals surface area (Å²) in [7, 11) is 0. The van der Waals surface area contributed by atoms with Gasteiger partial charge in [0.2, 0.25) is 0 Å². The van der Waals surface area contributed by atoms with Crippen molar-refractivity contribution in [1.29, 1.82) is 0 Å². The lowest BCUT2D eigenvalue weighted by Gasteiger charge is -2.25. The van der Waals surface area contributed by atoms with E-state index in [1.165, 1.54) is 0 Å². The molecule has 0 saturated carbocycles. The first kappa shape index (κ1) is 12.8. The van der Waals surface area contributed by atoms with Crippen LogP contribution in [0.4, 0.5) is 4.79 Å². The molecule has 1 aliphatic rings. The van der Waals surface area contributed by atoms with Crippen molar-refractivity contribution in [3.8, 4) is 0 Å². The van der Waals surface area contributed by atoms with Crippen LogP contribution in [-0.2, 0) is 4.79 Å². The largest absolute Gasteiger partial charge is 0.481 e. The van der Waals surface area contributed by atoms with E-state index in [0.29, 0.717) is 13.0 Å². The molecule has 3 unspecified atom stereocenters. The molecule has 5 nitrogen and oxygen atoms in total. The molecule has 1 aliphatic heterocycles. The molecule has 16 heavy (non-hydrogen) atoms. The molecule has 1 fully saturated rings. The summed E-state index contributed by atoms with van der Waals surface area (Å²) in [6.45, 7) is 6.26. The van der Waals surface area contributed by atoms with E-state index in [4.69, 9.17) is 5.11 Å². The summed E-state index contributed by atoms with van der Waals surface area (Å²) in [5.74, 6) is -1.24. The SMILES string of the molecule is CCC(C)NC(=O)N1CCC(C(=O)O)C1C. The molecular formula is C11H20N2O3. The number of carboxylic acids is 1. The lowest BCUT2D eigenvalue weighted by Crippen LogP contribution is -2.46. The van der Waals surface area contributed by atoms with Crippen LogP contribution in [0.5, 0.6) is 0 Å². The number of amides is 2. The molecule has 1 heterocycles. The Morgan fingerprint density at radius 3 is 2.62 bits per heavy atom. The lowest BCUT2D eigenvalue weighted by atomic mass is 10.0. The fourth-order valence-electron chi connectivity index (χ4n) is 1.95. The van der Waals surface area contributed by atoms with Crippen LogP contribution in [-0.4, -0.2) is 40.6 Å². The van der Waals surface area contributed by atoms with Crippen molar-refractivity contribution < 1.29 is 14.7 Å². The molecule has 0 radical (unpaired) electrons. The van der Waals surface area contributed by atoms with Gasteiger partial charge >= 0.3 is 12.0 Å². The summed E-state index contributed by atoms with van der Waals surface area (Å²) in [5, 5.41) is 11.8. The van der Waals surface area contributed by atoms with E-state index in [9.17, 15) is 9.59 Å². The number of urea groups is 1. The molecule has 2 N–H and O–H groups in total. The van der Waals surface area contributed by atoms with Gasteiger partial charge in [-0.15, -0.1) is 0 Å². The van der Waals surface area contributed by atoms with Gasteiger partial charge in [-0.05, 0) is 26.7 Å². The van der Waals surface area contributed by atoms with Crippen LogP contribution >= 0.6 is 0 Å². The Morgan fingerprint density at radius 1 is 1.56 bits per heavy atom. The minimum Gasteiger partial charge on any atom is -0.481 e. The predicted octanol–water partition coefficient (Wildman–Crippen LogP) is 1.29. The van der Waals surface area contributed by atoms with Gasteiger partial charge in [0, 0.05) is 18.6 Å². The Hall–Kier alpha value is -1.26. The molecule has 0 bridgehead atoms. The second-order valence-corrected chi connectivity index (χ2v) is 4.43. The Bertz CT molecular complexity index is 280. The van der Waals surface area contributed by atoms with Gasteiger partial charge in [0.05, 0.1) is 5.92 Å². The summed E-state index contributed by atoms with van der Waals surface area (Å²) in [4.78, 5) is 24.3. The highest BCUT2D eigenvalue weighted by molar-refractivity contribution is 5.78. The highest BCUT2D eigenvalue weighted by atomic mass is 16.4. The molecule has 5 heteroatoms. The van der Waals surface area contributed by atoms with Crippen LogP contribution in [0.1, 0.15) is 33.6 Å². The van der Waals surface area contributed by atoms with Gasteiger partial charge in [-0.25, -0.2) is 4.79 Å². The minimum atomic E-state index is -0.814. The average Bonchev–Trinajstić information content (AvgIpc) is 2.59. The molecule has 0 spiro atoms. The van der Waals surface area contributed by atoms with E-state index < -0.39 is 11.9 Å². The third-order valence-electron chi connectivity index (χ3n) is 3.32. The number of hydrogen-bond donors (Lipinski definition) is 2. The van der Waals surface area contributed by atoms with Crippen molar-refractivity contribution in [2.75, 3.05) is 6.54 Å². The number of aliphatic carboxylic acids is 1. The summed E-state index contributed by atoms with van der Waals surface area (Å²) < 4.78 is 0. The number of hydrogen-bond acceptors (Lipinski definition) is 2. The number of carboxylic acid groups (broad SMARTS) is 1. The minimum absolute atomic E-state index is 0.128. The maximum absolute atomic E-state index is 11.8. The number of nitrogens with one attached hydrogen (secondary N) is 1. The maximum atomic E-state index is 11.8. The summed E-state index contributed by atoms with van der Waals surface area (Å²) in [6, 6.07) is -0.240. The smallest absolute Gasteiger partial charge is 0.317 e. The van der Waals surface area contributed by atoms with Crippen molar-refractivity contribution in [2.45, 2.75) is 45.7 Å². The fraction of sp³-hybridized carbons (Fsp3) is 0.818. The zero-order valence-electron chi connectivity index (χ0n) is 10.1. The van der Waals surface area contributed by atoms with Gasteiger partial charge in [0.1, 0.15) is 0 Å².